The fourth-order valence-corrected chi connectivity index (χ4v) is 2.84. The van der Waals surface area contributed by atoms with Gasteiger partial charge < -0.3 is 9.64 Å². The number of piperidine rings is 1. The van der Waals surface area contributed by atoms with Crippen LogP contribution in [0.1, 0.15) is 19.3 Å². The summed E-state index contributed by atoms with van der Waals surface area (Å²) in [7, 11) is 1.65. The van der Waals surface area contributed by atoms with Crippen molar-refractivity contribution in [2.45, 2.75) is 19.3 Å². The highest BCUT2D eigenvalue weighted by Gasteiger charge is 2.15. The van der Waals surface area contributed by atoms with Crippen molar-refractivity contribution in [3.8, 4) is 17.0 Å². The van der Waals surface area contributed by atoms with Crippen molar-refractivity contribution in [1.82, 2.24) is 9.97 Å². The third kappa shape index (κ3) is 3.10. The van der Waals surface area contributed by atoms with E-state index in [2.05, 4.69) is 14.9 Å². The molecule has 0 saturated carbocycles. The summed E-state index contributed by atoms with van der Waals surface area (Å²) in [5, 5.41) is 0.670. The monoisotopic (exact) mass is 303 g/mol. The van der Waals surface area contributed by atoms with Crippen LogP contribution in [0.25, 0.3) is 11.3 Å². The van der Waals surface area contributed by atoms with Crippen LogP contribution in [0, 0.1) is 0 Å². The molecule has 0 radical (unpaired) electrons. The Bertz CT molecular complexity index is 627. The first-order valence-corrected chi connectivity index (χ1v) is 7.56. The lowest BCUT2D eigenvalue weighted by Gasteiger charge is -2.27. The van der Waals surface area contributed by atoms with Crippen molar-refractivity contribution in [2.75, 3.05) is 25.1 Å². The molecule has 0 N–H and O–H groups in total. The van der Waals surface area contributed by atoms with E-state index in [0.717, 1.165) is 35.9 Å². The Kier molecular flexibility index (Phi) is 4.25. The number of anilines is 1. The maximum atomic E-state index is 6.10. The fraction of sp³-hybridized carbons (Fsp3) is 0.375. The summed E-state index contributed by atoms with van der Waals surface area (Å²) in [4.78, 5) is 11.1. The Balaban J connectivity index is 1.97. The number of benzene rings is 1. The van der Waals surface area contributed by atoms with E-state index in [1.54, 1.807) is 13.4 Å². The zero-order chi connectivity index (χ0) is 14.7. The summed E-state index contributed by atoms with van der Waals surface area (Å²) in [6, 6.07) is 7.57. The number of methoxy groups -OCH3 is 1. The topological polar surface area (TPSA) is 38.2 Å². The molecule has 3 rings (SSSR count). The summed E-state index contributed by atoms with van der Waals surface area (Å²) < 4.78 is 5.41. The lowest BCUT2D eigenvalue weighted by atomic mass is 10.1. The number of nitrogens with zero attached hydrogens (tertiary/aromatic N) is 3. The SMILES string of the molecule is COc1ccc(Cl)cc1-c1cc(N2CCCCC2)ncn1. The standard InChI is InChI=1S/C16H18ClN3O/c1-21-15-6-5-12(17)9-13(15)14-10-16(19-11-18-14)20-7-3-2-4-8-20/h5-6,9-11H,2-4,7-8H2,1H3. The minimum absolute atomic E-state index is 0.670. The molecule has 21 heavy (non-hydrogen) atoms. The van der Waals surface area contributed by atoms with E-state index in [9.17, 15) is 0 Å². The van der Waals surface area contributed by atoms with Crippen LogP contribution in [0.4, 0.5) is 5.82 Å². The average Bonchev–Trinajstić information content (AvgIpc) is 2.56. The van der Waals surface area contributed by atoms with Gasteiger partial charge in [-0.3, -0.25) is 0 Å². The van der Waals surface area contributed by atoms with Gasteiger partial charge in [0, 0.05) is 29.7 Å². The summed E-state index contributed by atoms with van der Waals surface area (Å²) in [5.74, 6) is 1.74. The molecule has 0 bridgehead atoms. The van der Waals surface area contributed by atoms with Gasteiger partial charge in [-0.15, -0.1) is 0 Å². The largest absolute Gasteiger partial charge is 0.496 e. The molecule has 1 fully saturated rings. The van der Waals surface area contributed by atoms with E-state index in [4.69, 9.17) is 16.3 Å². The molecule has 0 aliphatic carbocycles. The molecule has 0 spiro atoms. The van der Waals surface area contributed by atoms with Gasteiger partial charge in [0.2, 0.25) is 0 Å². The molecule has 1 aliphatic heterocycles. The van der Waals surface area contributed by atoms with Crippen LogP contribution < -0.4 is 9.64 Å². The Labute approximate surface area is 129 Å². The molecule has 4 nitrogen and oxygen atoms in total. The Morgan fingerprint density at radius 2 is 1.90 bits per heavy atom. The first kappa shape index (κ1) is 14.1. The van der Waals surface area contributed by atoms with Crippen molar-refractivity contribution in [1.29, 1.82) is 0 Å². The van der Waals surface area contributed by atoms with Gasteiger partial charge in [0.05, 0.1) is 12.8 Å². The fourth-order valence-electron chi connectivity index (χ4n) is 2.67. The second-order valence-electron chi connectivity index (χ2n) is 5.15. The molecular formula is C16H18ClN3O. The number of aromatic nitrogens is 2. The Morgan fingerprint density at radius 3 is 2.67 bits per heavy atom. The van der Waals surface area contributed by atoms with Crippen LogP contribution in [0.2, 0.25) is 5.02 Å². The summed E-state index contributed by atoms with van der Waals surface area (Å²) in [6.45, 7) is 2.12. The van der Waals surface area contributed by atoms with Crippen molar-refractivity contribution in [3.05, 3.63) is 35.6 Å². The minimum atomic E-state index is 0.670. The molecule has 2 aromatic rings. The molecule has 110 valence electrons. The molecule has 0 atom stereocenters. The minimum Gasteiger partial charge on any atom is -0.496 e. The molecule has 1 aliphatic rings. The van der Waals surface area contributed by atoms with Crippen molar-refractivity contribution in [2.24, 2.45) is 0 Å². The van der Waals surface area contributed by atoms with Crippen LogP contribution in [-0.4, -0.2) is 30.2 Å². The first-order chi connectivity index (χ1) is 10.3. The van der Waals surface area contributed by atoms with Gasteiger partial charge >= 0.3 is 0 Å². The summed E-state index contributed by atoms with van der Waals surface area (Å²) in [6.07, 6.45) is 5.36. The zero-order valence-corrected chi connectivity index (χ0v) is 12.8. The van der Waals surface area contributed by atoms with Crippen LogP contribution in [0.3, 0.4) is 0 Å². The molecule has 5 heteroatoms. The zero-order valence-electron chi connectivity index (χ0n) is 12.1. The van der Waals surface area contributed by atoms with Crippen LogP contribution in [0.15, 0.2) is 30.6 Å². The van der Waals surface area contributed by atoms with Gasteiger partial charge in [-0.1, -0.05) is 11.6 Å². The van der Waals surface area contributed by atoms with Crippen molar-refractivity contribution in [3.63, 3.8) is 0 Å². The molecule has 1 aromatic carbocycles. The maximum Gasteiger partial charge on any atom is 0.132 e. The van der Waals surface area contributed by atoms with Gasteiger partial charge in [0.15, 0.2) is 0 Å². The van der Waals surface area contributed by atoms with Gasteiger partial charge in [0.1, 0.15) is 17.9 Å². The highest BCUT2D eigenvalue weighted by atomic mass is 35.5. The first-order valence-electron chi connectivity index (χ1n) is 7.19. The third-order valence-electron chi connectivity index (χ3n) is 3.77. The number of rotatable bonds is 3. The normalized spacial score (nSPS) is 15.0. The van der Waals surface area contributed by atoms with E-state index in [1.807, 2.05) is 24.3 Å². The van der Waals surface area contributed by atoms with E-state index in [0.29, 0.717) is 5.02 Å². The average molecular weight is 304 g/mol. The predicted octanol–water partition coefficient (Wildman–Crippen LogP) is 3.80. The second kappa shape index (κ2) is 6.31. The van der Waals surface area contributed by atoms with Crippen molar-refractivity contribution < 1.29 is 4.74 Å². The number of hydrogen-bond donors (Lipinski definition) is 0. The Hall–Kier alpha value is -1.81. The highest BCUT2D eigenvalue weighted by molar-refractivity contribution is 6.30. The van der Waals surface area contributed by atoms with Crippen LogP contribution >= 0.6 is 11.6 Å². The summed E-state index contributed by atoms with van der Waals surface area (Å²) in [5.41, 5.74) is 1.73. The van der Waals surface area contributed by atoms with Gasteiger partial charge in [-0.05, 0) is 37.5 Å². The van der Waals surface area contributed by atoms with Gasteiger partial charge in [-0.2, -0.15) is 0 Å². The smallest absolute Gasteiger partial charge is 0.132 e. The molecule has 1 saturated heterocycles. The third-order valence-corrected chi connectivity index (χ3v) is 4.01. The van der Waals surface area contributed by atoms with Crippen molar-refractivity contribution >= 4 is 17.4 Å². The number of ether oxygens (including phenoxy) is 1. The molecule has 0 amide bonds. The predicted molar refractivity (Wildman–Crippen MR) is 85.1 cm³/mol. The highest BCUT2D eigenvalue weighted by Crippen LogP contribution is 2.32. The number of hydrogen-bond acceptors (Lipinski definition) is 4. The van der Waals surface area contributed by atoms with E-state index in [1.165, 1.54) is 19.3 Å². The lowest BCUT2D eigenvalue weighted by Crippen LogP contribution is -2.30. The van der Waals surface area contributed by atoms with E-state index < -0.39 is 0 Å². The van der Waals surface area contributed by atoms with E-state index >= 15 is 0 Å². The quantitative estimate of drug-likeness (QED) is 0.864. The van der Waals surface area contributed by atoms with Crippen LogP contribution in [-0.2, 0) is 0 Å². The molecule has 1 aromatic heterocycles. The molecular weight excluding hydrogens is 286 g/mol. The molecule has 0 unspecified atom stereocenters. The Morgan fingerprint density at radius 1 is 1.10 bits per heavy atom. The van der Waals surface area contributed by atoms with Gasteiger partial charge in [-0.25, -0.2) is 9.97 Å². The van der Waals surface area contributed by atoms with Crippen LogP contribution in [0.5, 0.6) is 5.75 Å². The maximum absolute atomic E-state index is 6.10. The number of halogens is 1. The lowest BCUT2D eigenvalue weighted by molar-refractivity contribution is 0.416. The summed E-state index contributed by atoms with van der Waals surface area (Å²) >= 11 is 6.10. The second-order valence-corrected chi connectivity index (χ2v) is 5.59. The molecule has 2 heterocycles. The van der Waals surface area contributed by atoms with E-state index in [-0.39, 0.29) is 0 Å². The van der Waals surface area contributed by atoms with Gasteiger partial charge in [0.25, 0.3) is 0 Å².